The second-order valence-electron chi connectivity index (χ2n) is 1.56. The van der Waals surface area contributed by atoms with Gasteiger partial charge in [-0.2, -0.15) is 0 Å². The summed E-state index contributed by atoms with van der Waals surface area (Å²) in [5.41, 5.74) is 0.970. The lowest BCUT2D eigenvalue weighted by molar-refractivity contribution is 1.26. The van der Waals surface area contributed by atoms with Crippen molar-refractivity contribution in [2.24, 2.45) is 0 Å². The molecule has 1 nitrogen and oxygen atoms in total. The van der Waals surface area contributed by atoms with Crippen LogP contribution in [0.25, 0.3) is 0 Å². The molecule has 2 heteroatoms. The van der Waals surface area contributed by atoms with Gasteiger partial charge in [-0.3, -0.25) is 4.98 Å². The maximum Gasteiger partial charge on any atom is 0.0670 e. The number of aromatic nitrogens is 1. The molecule has 0 atom stereocenters. The number of halogens is 1. The Morgan fingerprint density at radius 1 is 1.62 bits per heavy atom. The van der Waals surface area contributed by atoms with Gasteiger partial charge in [0.2, 0.25) is 0 Å². The highest BCUT2D eigenvalue weighted by Crippen LogP contribution is 2.04. The molecule has 8 heavy (non-hydrogen) atoms. The molecule has 1 radical (unpaired) electrons. The van der Waals surface area contributed by atoms with Gasteiger partial charge in [-0.1, -0.05) is 11.6 Å². The van der Waals surface area contributed by atoms with Gasteiger partial charge < -0.3 is 0 Å². The van der Waals surface area contributed by atoms with E-state index in [0.29, 0.717) is 5.02 Å². The van der Waals surface area contributed by atoms with Gasteiger partial charge in [-0.25, -0.2) is 0 Å². The Balaban J connectivity index is 3.08. The molecule has 0 N–H and O–H groups in total. The van der Waals surface area contributed by atoms with Crippen LogP contribution in [0.4, 0.5) is 0 Å². The summed E-state index contributed by atoms with van der Waals surface area (Å²) in [7, 11) is 0. The second kappa shape index (κ2) is 2.14. The summed E-state index contributed by atoms with van der Waals surface area (Å²) in [4.78, 5) is 3.82. The zero-order chi connectivity index (χ0) is 5.98. The van der Waals surface area contributed by atoms with E-state index < -0.39 is 0 Å². The minimum absolute atomic E-state index is 0.574. The zero-order valence-electron chi connectivity index (χ0n) is 4.48. The van der Waals surface area contributed by atoms with Crippen molar-refractivity contribution in [1.82, 2.24) is 4.98 Å². The topological polar surface area (TPSA) is 12.9 Å². The number of hydrogen-bond donors (Lipinski definition) is 0. The lowest BCUT2D eigenvalue weighted by Crippen LogP contribution is -1.74. The average molecular weight is 127 g/mol. The lowest BCUT2D eigenvalue weighted by atomic mass is 10.3. The minimum Gasteiger partial charge on any atom is -0.263 e. The van der Waals surface area contributed by atoms with Crippen LogP contribution in [0.2, 0.25) is 5.02 Å². The molecule has 1 rings (SSSR count). The summed E-state index contributed by atoms with van der Waals surface area (Å²) < 4.78 is 0. The first-order valence-electron chi connectivity index (χ1n) is 2.28. The van der Waals surface area contributed by atoms with E-state index in [1.54, 1.807) is 12.4 Å². The molecule has 0 aromatic carbocycles. The molecule has 1 aromatic heterocycles. The highest BCUT2D eigenvalue weighted by Gasteiger charge is 1.85. The summed E-state index contributed by atoms with van der Waals surface area (Å²) >= 11 is 5.53. The summed E-state index contributed by atoms with van der Waals surface area (Å²) in [5.74, 6) is 0. The van der Waals surface area contributed by atoms with Crippen molar-refractivity contribution < 1.29 is 0 Å². The Hall–Kier alpha value is -0.560. The Morgan fingerprint density at radius 3 is 2.75 bits per heavy atom. The van der Waals surface area contributed by atoms with Gasteiger partial charge in [0.15, 0.2) is 0 Å². The summed E-state index contributed by atoms with van der Waals surface area (Å²) in [6.07, 6.45) is 3.28. The van der Waals surface area contributed by atoms with E-state index in [1.165, 1.54) is 0 Å². The van der Waals surface area contributed by atoms with Gasteiger partial charge in [0.05, 0.1) is 5.02 Å². The summed E-state index contributed by atoms with van der Waals surface area (Å²) in [6, 6.07) is 2.87. The van der Waals surface area contributed by atoms with Crippen molar-refractivity contribution in [3.63, 3.8) is 0 Å². The molecular weight excluding hydrogens is 122 g/mol. The molecule has 0 spiro atoms. The minimum atomic E-state index is 0.574. The molecule has 1 heterocycles. The summed E-state index contributed by atoms with van der Waals surface area (Å²) in [6.45, 7) is 1.90. The van der Waals surface area contributed by atoms with E-state index in [-0.39, 0.29) is 0 Å². The molecular formula is C6H5ClN. The Kier molecular flexibility index (Phi) is 1.49. The predicted octanol–water partition coefficient (Wildman–Crippen LogP) is 1.84. The second-order valence-corrected chi connectivity index (χ2v) is 1.97. The van der Waals surface area contributed by atoms with Crippen LogP contribution in [0.5, 0.6) is 0 Å². The van der Waals surface area contributed by atoms with Crippen molar-refractivity contribution in [1.29, 1.82) is 0 Å². The number of aryl methyl sites for hydroxylation is 1. The Morgan fingerprint density at radius 2 is 2.38 bits per heavy atom. The fourth-order valence-corrected chi connectivity index (χ4v) is 0.673. The van der Waals surface area contributed by atoms with Crippen molar-refractivity contribution in [2.45, 2.75) is 6.92 Å². The van der Waals surface area contributed by atoms with Crippen LogP contribution >= 0.6 is 11.6 Å². The van der Waals surface area contributed by atoms with Gasteiger partial charge in [0.1, 0.15) is 0 Å². The fraction of sp³-hybridized carbons (Fsp3) is 0.167. The van der Waals surface area contributed by atoms with E-state index in [1.807, 2.05) is 6.92 Å². The third kappa shape index (κ3) is 1.20. The van der Waals surface area contributed by atoms with Crippen LogP contribution in [0.1, 0.15) is 5.56 Å². The van der Waals surface area contributed by atoms with Crippen LogP contribution in [0, 0.1) is 13.0 Å². The largest absolute Gasteiger partial charge is 0.263 e. The van der Waals surface area contributed by atoms with E-state index >= 15 is 0 Å². The van der Waals surface area contributed by atoms with Gasteiger partial charge in [0, 0.05) is 18.5 Å². The van der Waals surface area contributed by atoms with Crippen LogP contribution in [0.3, 0.4) is 0 Å². The van der Waals surface area contributed by atoms with Crippen molar-refractivity contribution in [3.8, 4) is 0 Å². The normalized spacial score (nSPS) is 9.25. The molecule has 0 saturated carbocycles. The van der Waals surface area contributed by atoms with Crippen molar-refractivity contribution in [3.05, 3.63) is 29.0 Å². The SMILES string of the molecule is Cc1[c]c(Cl)cnc1. The van der Waals surface area contributed by atoms with Gasteiger partial charge in [-0.05, 0) is 12.5 Å². The highest BCUT2D eigenvalue weighted by molar-refractivity contribution is 6.30. The maximum atomic E-state index is 5.53. The quantitative estimate of drug-likeness (QED) is 0.517. The van der Waals surface area contributed by atoms with Gasteiger partial charge in [0.25, 0.3) is 0 Å². The van der Waals surface area contributed by atoms with E-state index in [9.17, 15) is 0 Å². The maximum absolute atomic E-state index is 5.53. The van der Waals surface area contributed by atoms with Crippen molar-refractivity contribution in [2.75, 3.05) is 0 Å². The van der Waals surface area contributed by atoms with Crippen LogP contribution < -0.4 is 0 Å². The van der Waals surface area contributed by atoms with Crippen LogP contribution in [0.15, 0.2) is 12.4 Å². The van der Waals surface area contributed by atoms with Crippen molar-refractivity contribution >= 4 is 11.6 Å². The molecule has 0 aliphatic heterocycles. The van der Waals surface area contributed by atoms with Crippen LogP contribution in [-0.2, 0) is 0 Å². The fourth-order valence-electron chi connectivity index (χ4n) is 0.467. The lowest BCUT2D eigenvalue weighted by Gasteiger charge is -1.86. The number of pyridine rings is 1. The molecule has 0 unspecified atom stereocenters. The molecule has 0 bridgehead atoms. The molecule has 0 aliphatic rings. The highest BCUT2D eigenvalue weighted by atomic mass is 35.5. The monoisotopic (exact) mass is 126 g/mol. The standard InChI is InChI=1S/C6H5ClN/c1-5-2-6(7)4-8-3-5/h3-4H,1H3. The van der Waals surface area contributed by atoms with E-state index in [0.717, 1.165) is 5.56 Å². The van der Waals surface area contributed by atoms with E-state index in [2.05, 4.69) is 11.1 Å². The molecule has 41 valence electrons. The first-order valence-corrected chi connectivity index (χ1v) is 2.66. The predicted molar refractivity (Wildman–Crippen MR) is 32.8 cm³/mol. The Labute approximate surface area is 53.3 Å². The third-order valence-electron chi connectivity index (χ3n) is 0.773. The smallest absolute Gasteiger partial charge is 0.0670 e. The van der Waals surface area contributed by atoms with Crippen LogP contribution in [-0.4, -0.2) is 4.98 Å². The molecule has 0 aliphatic carbocycles. The number of hydrogen-bond acceptors (Lipinski definition) is 1. The summed E-state index contributed by atoms with van der Waals surface area (Å²) in [5, 5.41) is 0.574. The van der Waals surface area contributed by atoms with Gasteiger partial charge >= 0.3 is 0 Å². The molecule has 0 fully saturated rings. The number of rotatable bonds is 0. The molecule has 1 aromatic rings. The van der Waals surface area contributed by atoms with Gasteiger partial charge in [-0.15, -0.1) is 0 Å². The molecule has 0 saturated heterocycles. The van der Waals surface area contributed by atoms with E-state index in [4.69, 9.17) is 11.6 Å². The molecule has 0 amide bonds. The number of nitrogens with zero attached hydrogens (tertiary/aromatic N) is 1. The first kappa shape index (κ1) is 5.57. The third-order valence-corrected chi connectivity index (χ3v) is 0.965. The average Bonchev–Trinajstić information content (AvgIpc) is 1.64. The Bertz CT molecular complexity index is 168. The first-order chi connectivity index (χ1) is 3.79. The zero-order valence-corrected chi connectivity index (χ0v) is 5.24.